The highest BCUT2D eigenvalue weighted by Gasteiger charge is 2.38. The third kappa shape index (κ3) is 3.40. The van der Waals surface area contributed by atoms with Gasteiger partial charge in [-0.25, -0.2) is 0 Å². The number of carbonyl (C=O) groups excluding carboxylic acids is 1. The lowest BCUT2D eigenvalue weighted by molar-refractivity contribution is -0.167. The van der Waals surface area contributed by atoms with E-state index >= 15 is 0 Å². The number of thioether (sulfide) groups is 1. The van der Waals surface area contributed by atoms with Gasteiger partial charge in [-0.2, -0.15) is 18.4 Å². The van der Waals surface area contributed by atoms with Gasteiger partial charge < -0.3 is 5.32 Å². The van der Waals surface area contributed by atoms with E-state index in [1.54, 1.807) is 25.2 Å². The molecule has 7 heteroatoms. The highest BCUT2D eigenvalue weighted by atomic mass is 32.2. The monoisotopic (exact) mass is 274 g/mol. The van der Waals surface area contributed by atoms with Gasteiger partial charge in [0.15, 0.2) is 0 Å². The van der Waals surface area contributed by atoms with Crippen LogP contribution >= 0.6 is 11.8 Å². The second-order valence-corrected chi connectivity index (χ2v) is 4.40. The van der Waals surface area contributed by atoms with Gasteiger partial charge in [0.2, 0.25) is 0 Å². The zero-order valence-electron chi connectivity index (χ0n) is 9.55. The summed E-state index contributed by atoms with van der Waals surface area (Å²) in [4.78, 5) is 11.5. The topological polar surface area (TPSA) is 52.9 Å². The number of amides is 1. The number of hydrogen-bond donors (Lipinski definition) is 1. The molecule has 0 spiro atoms. The van der Waals surface area contributed by atoms with E-state index in [1.807, 2.05) is 5.40 Å². The number of benzene rings is 1. The zero-order valence-corrected chi connectivity index (χ0v) is 10.4. The molecule has 0 aliphatic carbocycles. The zero-order chi connectivity index (χ0) is 13.9. The first-order chi connectivity index (χ1) is 8.25. The van der Waals surface area contributed by atoms with E-state index in [2.05, 4.69) is 0 Å². The van der Waals surface area contributed by atoms with Gasteiger partial charge in [-0.3, -0.25) is 4.79 Å². The average Bonchev–Trinajstić information content (AvgIpc) is 2.24. The minimum absolute atomic E-state index is 0.0946. The summed E-state index contributed by atoms with van der Waals surface area (Å²) < 4.78 is 36.3. The van der Waals surface area contributed by atoms with Crippen LogP contribution in [-0.4, -0.2) is 12.1 Å². The third-order valence-electron chi connectivity index (χ3n) is 2.18. The average molecular weight is 274 g/mol. The molecule has 0 atom stereocenters. The largest absolute Gasteiger partial charge is 0.471 e. The molecule has 0 radical (unpaired) electrons. The number of nitrogens with one attached hydrogen (secondary N) is 1. The van der Waals surface area contributed by atoms with E-state index in [1.165, 1.54) is 6.07 Å². The number of anilines is 1. The van der Waals surface area contributed by atoms with E-state index in [-0.39, 0.29) is 5.69 Å². The molecule has 3 nitrogen and oxygen atoms in total. The van der Waals surface area contributed by atoms with Crippen molar-refractivity contribution < 1.29 is 18.0 Å². The molecule has 18 heavy (non-hydrogen) atoms. The summed E-state index contributed by atoms with van der Waals surface area (Å²) in [6, 6.07) is 2.98. The predicted octanol–water partition coefficient (Wildman–Crippen LogP) is 3.38. The maximum Gasteiger partial charge on any atom is 0.471 e. The van der Waals surface area contributed by atoms with E-state index in [0.717, 1.165) is 11.8 Å². The summed E-state index contributed by atoms with van der Waals surface area (Å²) in [5.41, 5.74) is 1.19. The fourth-order valence-electron chi connectivity index (χ4n) is 1.28. The van der Waals surface area contributed by atoms with Crippen LogP contribution in [0.15, 0.2) is 17.0 Å². The lowest BCUT2D eigenvalue weighted by Gasteiger charge is -2.12. The maximum atomic E-state index is 12.1. The first-order valence-corrected chi connectivity index (χ1v) is 5.62. The molecule has 0 aliphatic rings. The molecule has 0 aliphatic heterocycles. The summed E-state index contributed by atoms with van der Waals surface area (Å²) in [7, 11) is 0. The number of rotatable bonds is 2. The van der Waals surface area contributed by atoms with Crippen molar-refractivity contribution in [2.24, 2.45) is 0 Å². The lowest BCUT2D eigenvalue weighted by Crippen LogP contribution is -2.30. The second kappa shape index (κ2) is 5.31. The van der Waals surface area contributed by atoms with Crippen molar-refractivity contribution in [3.8, 4) is 5.40 Å². The quantitative estimate of drug-likeness (QED) is 0.664. The molecule has 1 aromatic carbocycles. The van der Waals surface area contributed by atoms with E-state index < -0.39 is 12.1 Å². The first-order valence-electron chi connectivity index (χ1n) is 4.81. The number of thiocyanates is 1. The second-order valence-electron chi connectivity index (χ2n) is 3.58. The van der Waals surface area contributed by atoms with Crippen LogP contribution in [-0.2, 0) is 4.79 Å². The Morgan fingerprint density at radius 2 is 1.94 bits per heavy atom. The number of alkyl halides is 3. The van der Waals surface area contributed by atoms with Gasteiger partial charge in [0, 0.05) is 10.6 Å². The minimum Gasteiger partial charge on any atom is -0.318 e. The molecule has 96 valence electrons. The fraction of sp³-hybridized carbons (Fsp3) is 0.273. The van der Waals surface area contributed by atoms with Crippen LogP contribution in [0.2, 0.25) is 0 Å². The standard InChI is InChI=1S/C11H9F3N2OS/c1-6-4-9(18-5-15)7(2)3-8(6)16-10(17)11(12,13)14/h3-4H,1-2H3,(H,16,17). The highest BCUT2D eigenvalue weighted by Crippen LogP contribution is 2.28. The molecule has 0 heterocycles. The number of nitriles is 1. The van der Waals surface area contributed by atoms with Crippen molar-refractivity contribution in [1.82, 2.24) is 0 Å². The highest BCUT2D eigenvalue weighted by molar-refractivity contribution is 8.03. The Balaban J connectivity index is 3.03. The molecule has 0 bridgehead atoms. The van der Waals surface area contributed by atoms with Gasteiger partial charge >= 0.3 is 12.1 Å². The van der Waals surface area contributed by atoms with Crippen LogP contribution in [0.5, 0.6) is 0 Å². The molecule has 0 fully saturated rings. The van der Waals surface area contributed by atoms with Crippen molar-refractivity contribution in [3.63, 3.8) is 0 Å². The van der Waals surface area contributed by atoms with Gasteiger partial charge in [-0.1, -0.05) is 0 Å². The van der Waals surface area contributed by atoms with Gasteiger partial charge in [-0.05, 0) is 48.9 Å². The molecule has 0 unspecified atom stereocenters. The van der Waals surface area contributed by atoms with Crippen molar-refractivity contribution in [2.75, 3.05) is 5.32 Å². The number of aryl methyl sites for hydroxylation is 2. The minimum atomic E-state index is -4.92. The molecule has 1 aromatic rings. The fourth-order valence-corrected chi connectivity index (χ4v) is 1.83. The number of carbonyl (C=O) groups is 1. The molecule has 0 saturated heterocycles. The van der Waals surface area contributed by atoms with E-state index in [9.17, 15) is 18.0 Å². The predicted molar refractivity (Wildman–Crippen MR) is 62.1 cm³/mol. The van der Waals surface area contributed by atoms with Crippen molar-refractivity contribution in [3.05, 3.63) is 23.3 Å². The summed E-state index contributed by atoms with van der Waals surface area (Å²) in [6.07, 6.45) is -4.92. The Kier molecular flexibility index (Phi) is 4.24. The SMILES string of the molecule is Cc1cc(SC#N)c(C)cc1NC(=O)C(F)(F)F. The van der Waals surface area contributed by atoms with Crippen LogP contribution in [0.3, 0.4) is 0 Å². The van der Waals surface area contributed by atoms with E-state index in [0.29, 0.717) is 16.0 Å². The summed E-state index contributed by atoms with van der Waals surface area (Å²) >= 11 is 0.920. The third-order valence-corrected chi connectivity index (χ3v) is 2.93. The first kappa shape index (κ1) is 14.4. The molecule has 0 saturated carbocycles. The molecule has 0 aromatic heterocycles. The van der Waals surface area contributed by atoms with Crippen molar-refractivity contribution in [1.29, 1.82) is 5.26 Å². The summed E-state index contributed by atoms with van der Waals surface area (Å²) in [5.74, 6) is -2.01. The van der Waals surface area contributed by atoms with Crippen LogP contribution in [0.4, 0.5) is 18.9 Å². The Morgan fingerprint density at radius 1 is 1.33 bits per heavy atom. The molecular weight excluding hydrogens is 265 g/mol. The van der Waals surface area contributed by atoms with Gasteiger partial charge in [0.05, 0.1) is 0 Å². The van der Waals surface area contributed by atoms with Crippen LogP contribution in [0.1, 0.15) is 11.1 Å². The molecule has 1 amide bonds. The Hall–Kier alpha value is -1.68. The van der Waals surface area contributed by atoms with Crippen molar-refractivity contribution >= 4 is 23.4 Å². The number of nitrogens with zero attached hydrogens (tertiary/aromatic N) is 1. The Labute approximate surface area is 106 Å². The molecule has 1 N–H and O–H groups in total. The maximum absolute atomic E-state index is 12.1. The van der Waals surface area contributed by atoms with Gasteiger partial charge in [-0.15, -0.1) is 0 Å². The van der Waals surface area contributed by atoms with Gasteiger partial charge in [0.1, 0.15) is 5.40 Å². The normalized spacial score (nSPS) is 10.9. The van der Waals surface area contributed by atoms with E-state index in [4.69, 9.17) is 5.26 Å². The lowest BCUT2D eigenvalue weighted by atomic mass is 10.1. The smallest absolute Gasteiger partial charge is 0.318 e. The van der Waals surface area contributed by atoms with Crippen LogP contribution < -0.4 is 5.32 Å². The van der Waals surface area contributed by atoms with Crippen LogP contribution in [0, 0.1) is 24.5 Å². The Morgan fingerprint density at radius 3 is 2.44 bits per heavy atom. The van der Waals surface area contributed by atoms with Gasteiger partial charge in [0.25, 0.3) is 0 Å². The summed E-state index contributed by atoms with van der Waals surface area (Å²) in [5, 5.41) is 12.2. The van der Waals surface area contributed by atoms with Crippen molar-refractivity contribution in [2.45, 2.75) is 24.9 Å². The summed E-state index contributed by atoms with van der Waals surface area (Å²) in [6.45, 7) is 3.22. The number of halogens is 3. The number of hydrogen-bond acceptors (Lipinski definition) is 3. The Bertz CT molecular complexity index is 520. The molecular formula is C11H9F3N2OS. The molecule has 1 rings (SSSR count). The van der Waals surface area contributed by atoms with Crippen LogP contribution in [0.25, 0.3) is 0 Å².